The third-order valence-corrected chi connectivity index (χ3v) is 3.80. The van der Waals surface area contributed by atoms with Crippen LogP contribution in [-0.2, 0) is 4.79 Å². The summed E-state index contributed by atoms with van der Waals surface area (Å²) in [6.45, 7) is 8.37. The van der Waals surface area contributed by atoms with Crippen molar-refractivity contribution in [2.75, 3.05) is 0 Å². The number of nitrogens with zero attached hydrogens (tertiary/aromatic N) is 2. The minimum absolute atomic E-state index is 0.124. The fraction of sp³-hybridized carbons (Fsp3) is 0.923. The summed E-state index contributed by atoms with van der Waals surface area (Å²) < 4.78 is 0. The van der Waals surface area contributed by atoms with Gasteiger partial charge in [0.25, 0.3) is 0 Å². The van der Waals surface area contributed by atoms with E-state index in [-0.39, 0.29) is 11.1 Å². The van der Waals surface area contributed by atoms with Crippen LogP contribution in [0.15, 0.2) is 10.2 Å². The number of unbranched alkanes of at least 4 members (excludes halogenated alkanes) is 1. The van der Waals surface area contributed by atoms with Crippen molar-refractivity contribution in [3.63, 3.8) is 0 Å². The maximum absolute atomic E-state index is 12.2. The summed E-state index contributed by atoms with van der Waals surface area (Å²) in [5.74, 6) is 0.391. The Bertz CT molecular complexity index is 280. The van der Waals surface area contributed by atoms with Gasteiger partial charge in [-0.25, -0.2) is 0 Å². The smallest absolute Gasteiger partial charge is 0.188 e. The van der Waals surface area contributed by atoms with E-state index < -0.39 is 0 Å². The Morgan fingerprint density at radius 3 is 2.38 bits per heavy atom. The highest BCUT2D eigenvalue weighted by molar-refractivity contribution is 5.84. The Hall–Kier alpha value is -0.730. The van der Waals surface area contributed by atoms with Crippen LogP contribution in [0.25, 0.3) is 0 Å². The molecule has 0 saturated carbocycles. The number of rotatable bonds is 8. The van der Waals surface area contributed by atoms with E-state index in [1.807, 2.05) is 6.92 Å². The van der Waals surface area contributed by atoms with Crippen molar-refractivity contribution < 1.29 is 4.79 Å². The zero-order chi connectivity index (χ0) is 12.2. The van der Waals surface area contributed by atoms with Gasteiger partial charge in [0.1, 0.15) is 5.78 Å². The first-order valence-corrected chi connectivity index (χ1v) is 6.43. The molecule has 1 aliphatic rings. The van der Waals surface area contributed by atoms with E-state index in [9.17, 15) is 4.79 Å². The summed E-state index contributed by atoms with van der Waals surface area (Å²) in [6.07, 6.45) is 5.67. The first-order chi connectivity index (χ1) is 7.46. The Kier molecular flexibility index (Phi) is 4.22. The van der Waals surface area contributed by atoms with Crippen molar-refractivity contribution in [3.05, 3.63) is 0 Å². The summed E-state index contributed by atoms with van der Waals surface area (Å²) in [5, 5.41) is 7.90. The molecule has 1 atom stereocenters. The lowest BCUT2D eigenvalue weighted by Crippen LogP contribution is -2.28. The summed E-state index contributed by atoms with van der Waals surface area (Å²) in [7, 11) is 0. The molecule has 0 radical (unpaired) electrons. The average Bonchev–Trinajstić information content (AvgIpc) is 3.01. The van der Waals surface area contributed by atoms with Crippen molar-refractivity contribution >= 4 is 5.78 Å². The molecule has 0 spiro atoms. The molecule has 1 rings (SSSR count). The second kappa shape index (κ2) is 5.07. The van der Waals surface area contributed by atoms with E-state index in [4.69, 9.17) is 0 Å². The van der Waals surface area contributed by atoms with Crippen LogP contribution in [0.3, 0.4) is 0 Å². The molecular weight excluding hydrogens is 200 g/mol. The minimum Gasteiger partial charge on any atom is -0.299 e. The van der Waals surface area contributed by atoms with Gasteiger partial charge in [-0.05, 0) is 19.8 Å². The second-order valence-electron chi connectivity index (χ2n) is 5.36. The Morgan fingerprint density at radius 2 is 1.94 bits per heavy atom. The molecule has 16 heavy (non-hydrogen) atoms. The van der Waals surface area contributed by atoms with E-state index in [0.29, 0.717) is 12.2 Å². The molecule has 0 aliphatic carbocycles. The van der Waals surface area contributed by atoms with Crippen molar-refractivity contribution in [2.45, 2.75) is 71.9 Å². The number of carbonyl (C=O) groups is 1. The van der Waals surface area contributed by atoms with Crippen LogP contribution in [0.5, 0.6) is 0 Å². The van der Waals surface area contributed by atoms with Crippen LogP contribution in [0, 0.1) is 5.41 Å². The van der Waals surface area contributed by atoms with E-state index in [1.165, 1.54) is 0 Å². The molecule has 1 aliphatic heterocycles. The van der Waals surface area contributed by atoms with Gasteiger partial charge in [0.05, 0.1) is 0 Å². The van der Waals surface area contributed by atoms with Gasteiger partial charge in [0, 0.05) is 18.3 Å². The quantitative estimate of drug-likeness (QED) is 0.611. The lowest BCUT2D eigenvalue weighted by molar-refractivity contribution is -0.128. The van der Waals surface area contributed by atoms with Crippen LogP contribution in [0.2, 0.25) is 0 Å². The molecular formula is C13H24N2O. The van der Waals surface area contributed by atoms with Crippen LogP contribution in [0.4, 0.5) is 0 Å². The fourth-order valence-corrected chi connectivity index (χ4v) is 1.92. The molecule has 92 valence electrons. The third kappa shape index (κ3) is 3.39. The number of ketones is 1. The number of carbonyl (C=O) groups excluding carboxylic acids is 1. The van der Waals surface area contributed by atoms with Gasteiger partial charge in [0.2, 0.25) is 0 Å². The van der Waals surface area contributed by atoms with Gasteiger partial charge in [0.15, 0.2) is 5.66 Å². The Balaban J connectivity index is 2.41. The van der Waals surface area contributed by atoms with Crippen molar-refractivity contribution in [1.29, 1.82) is 0 Å². The molecule has 0 saturated heterocycles. The molecule has 0 N–H and O–H groups in total. The second-order valence-corrected chi connectivity index (χ2v) is 5.36. The third-order valence-electron chi connectivity index (χ3n) is 3.80. The van der Waals surface area contributed by atoms with E-state index in [0.717, 1.165) is 32.1 Å². The molecule has 0 aromatic heterocycles. The Morgan fingerprint density at radius 1 is 1.31 bits per heavy atom. The number of hydrogen-bond donors (Lipinski definition) is 0. The van der Waals surface area contributed by atoms with Crippen LogP contribution >= 0.6 is 0 Å². The standard InChI is InChI=1S/C13H24N2O/c1-5-7-9-12(3,6-2)11(16)8-10-13(4)14-15-13/h5-10H2,1-4H3. The van der Waals surface area contributed by atoms with Gasteiger partial charge in [-0.3, -0.25) is 4.79 Å². The number of Topliss-reactive ketones (excluding diaryl/α,β-unsaturated/α-hetero) is 1. The van der Waals surface area contributed by atoms with Crippen molar-refractivity contribution in [2.24, 2.45) is 15.6 Å². The zero-order valence-electron chi connectivity index (χ0n) is 11.0. The highest BCUT2D eigenvalue weighted by atomic mass is 16.1. The van der Waals surface area contributed by atoms with E-state index in [2.05, 4.69) is 31.0 Å². The minimum atomic E-state index is -0.227. The monoisotopic (exact) mass is 224 g/mol. The molecule has 3 nitrogen and oxygen atoms in total. The lowest BCUT2D eigenvalue weighted by atomic mass is 9.76. The molecule has 0 aromatic carbocycles. The van der Waals surface area contributed by atoms with Crippen molar-refractivity contribution in [3.8, 4) is 0 Å². The first kappa shape index (κ1) is 13.3. The topological polar surface area (TPSA) is 41.8 Å². The van der Waals surface area contributed by atoms with Gasteiger partial charge in [-0.1, -0.05) is 33.6 Å². The molecule has 1 heterocycles. The maximum Gasteiger partial charge on any atom is 0.188 e. The summed E-state index contributed by atoms with van der Waals surface area (Å²) >= 11 is 0. The molecule has 0 fully saturated rings. The fourth-order valence-electron chi connectivity index (χ4n) is 1.92. The van der Waals surface area contributed by atoms with Gasteiger partial charge in [-0.2, -0.15) is 10.2 Å². The SMILES string of the molecule is CCCCC(C)(CC)C(=O)CCC1(C)N=N1. The van der Waals surface area contributed by atoms with Crippen molar-refractivity contribution in [1.82, 2.24) is 0 Å². The van der Waals surface area contributed by atoms with Crippen LogP contribution in [0.1, 0.15) is 66.2 Å². The summed E-state index contributed by atoms with van der Waals surface area (Å²) in [6, 6.07) is 0. The Labute approximate surface area is 98.7 Å². The normalized spacial score (nSPS) is 20.5. The van der Waals surface area contributed by atoms with Gasteiger partial charge in [-0.15, -0.1) is 0 Å². The van der Waals surface area contributed by atoms with E-state index >= 15 is 0 Å². The number of hydrogen-bond acceptors (Lipinski definition) is 3. The predicted octanol–water partition coefficient (Wildman–Crippen LogP) is 4.12. The average molecular weight is 224 g/mol. The largest absolute Gasteiger partial charge is 0.299 e. The zero-order valence-corrected chi connectivity index (χ0v) is 11.0. The van der Waals surface area contributed by atoms with E-state index in [1.54, 1.807) is 0 Å². The lowest BCUT2D eigenvalue weighted by Gasteiger charge is -2.26. The van der Waals surface area contributed by atoms with Gasteiger partial charge < -0.3 is 0 Å². The van der Waals surface area contributed by atoms with Gasteiger partial charge >= 0.3 is 0 Å². The highest BCUT2D eigenvalue weighted by Crippen LogP contribution is 2.36. The molecule has 0 bridgehead atoms. The molecule has 3 heteroatoms. The molecule has 0 amide bonds. The highest BCUT2D eigenvalue weighted by Gasteiger charge is 2.37. The van der Waals surface area contributed by atoms with Crippen LogP contribution < -0.4 is 0 Å². The maximum atomic E-state index is 12.2. The molecule has 0 aromatic rings. The summed E-state index contributed by atoms with van der Waals surface area (Å²) in [5.41, 5.74) is -0.351. The van der Waals surface area contributed by atoms with Crippen LogP contribution in [-0.4, -0.2) is 11.4 Å². The summed E-state index contributed by atoms with van der Waals surface area (Å²) in [4.78, 5) is 12.2. The molecule has 1 unspecified atom stereocenters. The first-order valence-electron chi connectivity index (χ1n) is 6.43. The predicted molar refractivity (Wildman–Crippen MR) is 65.4 cm³/mol.